The summed E-state index contributed by atoms with van der Waals surface area (Å²) >= 11 is 0. The van der Waals surface area contributed by atoms with E-state index in [-0.39, 0.29) is 5.82 Å². The van der Waals surface area contributed by atoms with Gasteiger partial charge in [-0.25, -0.2) is 4.39 Å². The van der Waals surface area contributed by atoms with Crippen molar-refractivity contribution >= 4 is 0 Å². The molecule has 2 heteroatoms. The van der Waals surface area contributed by atoms with Gasteiger partial charge in [0.15, 0.2) is 0 Å². The third kappa shape index (κ3) is 4.09. The Kier molecular flexibility index (Phi) is 6.29. The normalized spacial score (nSPS) is 8.67. The highest BCUT2D eigenvalue weighted by molar-refractivity contribution is 5.16. The topological polar surface area (TPSA) is 9.23 Å². The Balaban J connectivity index is 0.000000354. The van der Waals surface area contributed by atoms with Crippen LogP contribution in [0.25, 0.3) is 0 Å². The van der Waals surface area contributed by atoms with Crippen molar-refractivity contribution < 1.29 is 9.13 Å². The molecule has 1 aromatic carbocycles. The molecule has 0 aliphatic carbocycles. The lowest BCUT2D eigenvalue weighted by atomic mass is 10.2. The van der Waals surface area contributed by atoms with Gasteiger partial charge in [-0.15, -0.1) is 0 Å². The standard InChI is InChI=1S/C8H9F.C2H6O/c1-2-7-5-3-4-6-8(7)9;1-3-2/h3-6H,2H2,1H3;1-2H3. The number of halogens is 1. The lowest BCUT2D eigenvalue weighted by molar-refractivity contribution is 0.277. The van der Waals surface area contributed by atoms with Crippen LogP contribution < -0.4 is 0 Å². The molecule has 0 unspecified atom stereocenters. The van der Waals surface area contributed by atoms with Gasteiger partial charge in [0.2, 0.25) is 0 Å². The van der Waals surface area contributed by atoms with Crippen LogP contribution in [0, 0.1) is 5.82 Å². The van der Waals surface area contributed by atoms with Crippen molar-refractivity contribution in [2.24, 2.45) is 0 Å². The molecule has 1 aromatic rings. The maximum atomic E-state index is 12.6. The van der Waals surface area contributed by atoms with Gasteiger partial charge in [0.25, 0.3) is 0 Å². The van der Waals surface area contributed by atoms with Gasteiger partial charge in [-0.3, -0.25) is 0 Å². The van der Waals surface area contributed by atoms with Gasteiger partial charge in [0, 0.05) is 14.2 Å². The van der Waals surface area contributed by atoms with Crippen LogP contribution in [-0.2, 0) is 11.2 Å². The van der Waals surface area contributed by atoms with E-state index in [4.69, 9.17) is 0 Å². The minimum absolute atomic E-state index is 0.0972. The highest BCUT2D eigenvalue weighted by Gasteiger charge is 1.93. The molecule has 0 atom stereocenters. The molecule has 0 amide bonds. The third-order valence-corrected chi connectivity index (χ3v) is 1.34. The average Bonchev–Trinajstić information content (AvgIpc) is 2.07. The Morgan fingerprint density at radius 1 is 1.25 bits per heavy atom. The van der Waals surface area contributed by atoms with Gasteiger partial charge in [-0.2, -0.15) is 0 Å². The molecular formula is C10H15FO. The molecule has 0 fully saturated rings. The first-order chi connectivity index (χ1) is 5.76. The third-order valence-electron chi connectivity index (χ3n) is 1.34. The van der Waals surface area contributed by atoms with E-state index in [0.29, 0.717) is 0 Å². The Morgan fingerprint density at radius 2 is 1.75 bits per heavy atom. The van der Waals surface area contributed by atoms with Crippen molar-refractivity contribution in [3.63, 3.8) is 0 Å². The van der Waals surface area contributed by atoms with Crippen LogP contribution >= 0.6 is 0 Å². The largest absolute Gasteiger partial charge is 0.388 e. The summed E-state index contributed by atoms with van der Waals surface area (Å²) in [5.74, 6) is -0.0972. The fourth-order valence-corrected chi connectivity index (χ4v) is 0.785. The van der Waals surface area contributed by atoms with E-state index in [2.05, 4.69) is 4.74 Å². The van der Waals surface area contributed by atoms with Crippen LogP contribution in [0.1, 0.15) is 12.5 Å². The molecule has 1 nitrogen and oxygen atoms in total. The molecule has 0 radical (unpaired) electrons. The summed E-state index contributed by atoms with van der Waals surface area (Å²) in [5, 5.41) is 0. The van der Waals surface area contributed by atoms with E-state index in [1.54, 1.807) is 26.4 Å². The van der Waals surface area contributed by atoms with Crippen molar-refractivity contribution in [2.45, 2.75) is 13.3 Å². The summed E-state index contributed by atoms with van der Waals surface area (Å²) in [5.41, 5.74) is 0.789. The lowest BCUT2D eigenvalue weighted by Crippen LogP contribution is -1.83. The van der Waals surface area contributed by atoms with Crippen LogP contribution in [-0.4, -0.2) is 14.2 Å². The number of methoxy groups -OCH3 is 1. The molecule has 0 saturated carbocycles. The van der Waals surface area contributed by atoms with Gasteiger partial charge >= 0.3 is 0 Å². The number of hydrogen-bond donors (Lipinski definition) is 0. The van der Waals surface area contributed by atoms with Crippen LogP contribution in [0.2, 0.25) is 0 Å². The smallest absolute Gasteiger partial charge is 0.126 e. The first-order valence-corrected chi connectivity index (χ1v) is 3.89. The van der Waals surface area contributed by atoms with Crippen molar-refractivity contribution in [2.75, 3.05) is 14.2 Å². The fourth-order valence-electron chi connectivity index (χ4n) is 0.785. The fraction of sp³-hybridized carbons (Fsp3) is 0.400. The minimum atomic E-state index is -0.0972. The Labute approximate surface area is 73.2 Å². The number of aryl methyl sites for hydroxylation is 1. The van der Waals surface area contributed by atoms with Gasteiger partial charge in [-0.1, -0.05) is 25.1 Å². The summed E-state index contributed by atoms with van der Waals surface area (Å²) in [6, 6.07) is 6.84. The zero-order valence-corrected chi connectivity index (χ0v) is 7.80. The summed E-state index contributed by atoms with van der Waals surface area (Å²) < 4.78 is 16.8. The Morgan fingerprint density at radius 3 is 2.08 bits per heavy atom. The molecule has 0 N–H and O–H groups in total. The first-order valence-electron chi connectivity index (χ1n) is 3.89. The molecule has 68 valence electrons. The summed E-state index contributed by atoms with van der Waals surface area (Å²) in [6.45, 7) is 1.94. The predicted octanol–water partition coefficient (Wildman–Crippen LogP) is 2.65. The van der Waals surface area contributed by atoms with Crippen LogP contribution in [0.15, 0.2) is 24.3 Å². The average molecular weight is 170 g/mol. The molecular weight excluding hydrogens is 155 g/mol. The second-order valence-electron chi connectivity index (χ2n) is 2.35. The van der Waals surface area contributed by atoms with Crippen LogP contribution in [0.3, 0.4) is 0 Å². The molecule has 0 aliphatic rings. The monoisotopic (exact) mass is 170 g/mol. The van der Waals surface area contributed by atoms with Gasteiger partial charge < -0.3 is 4.74 Å². The van der Waals surface area contributed by atoms with Crippen molar-refractivity contribution in [3.05, 3.63) is 35.6 Å². The molecule has 0 aromatic heterocycles. The highest BCUT2D eigenvalue weighted by atomic mass is 19.1. The SMILES string of the molecule is CCc1ccccc1F.COC. The van der Waals surface area contributed by atoms with Gasteiger partial charge in [-0.05, 0) is 18.1 Å². The Hall–Kier alpha value is -0.890. The van der Waals surface area contributed by atoms with E-state index < -0.39 is 0 Å². The zero-order chi connectivity index (χ0) is 9.40. The quantitative estimate of drug-likeness (QED) is 0.629. The Bertz CT molecular complexity index is 211. The first kappa shape index (κ1) is 11.1. The molecule has 0 bridgehead atoms. The molecule has 0 spiro atoms. The summed E-state index contributed by atoms with van der Waals surface area (Å²) in [6.07, 6.45) is 0.771. The molecule has 0 heterocycles. The number of rotatable bonds is 1. The lowest BCUT2D eigenvalue weighted by Gasteiger charge is -1.94. The number of hydrogen-bond acceptors (Lipinski definition) is 1. The van der Waals surface area contributed by atoms with Crippen LogP contribution in [0.4, 0.5) is 4.39 Å². The second-order valence-corrected chi connectivity index (χ2v) is 2.35. The van der Waals surface area contributed by atoms with E-state index >= 15 is 0 Å². The molecule has 0 aliphatic heterocycles. The van der Waals surface area contributed by atoms with Gasteiger partial charge in [0.1, 0.15) is 5.82 Å². The van der Waals surface area contributed by atoms with Crippen molar-refractivity contribution in [1.82, 2.24) is 0 Å². The van der Waals surface area contributed by atoms with E-state index in [9.17, 15) is 4.39 Å². The van der Waals surface area contributed by atoms with E-state index in [1.165, 1.54) is 6.07 Å². The van der Waals surface area contributed by atoms with E-state index in [1.807, 2.05) is 13.0 Å². The maximum absolute atomic E-state index is 12.6. The summed E-state index contributed by atoms with van der Waals surface area (Å²) in [7, 11) is 3.25. The second kappa shape index (κ2) is 6.80. The molecule has 0 saturated heterocycles. The zero-order valence-electron chi connectivity index (χ0n) is 7.80. The minimum Gasteiger partial charge on any atom is -0.388 e. The highest BCUT2D eigenvalue weighted by Crippen LogP contribution is 2.05. The number of ether oxygens (including phenoxy) is 1. The van der Waals surface area contributed by atoms with Crippen LogP contribution in [0.5, 0.6) is 0 Å². The maximum Gasteiger partial charge on any atom is 0.126 e. The summed E-state index contributed by atoms with van der Waals surface area (Å²) in [4.78, 5) is 0. The molecule has 12 heavy (non-hydrogen) atoms. The van der Waals surface area contributed by atoms with Crippen molar-refractivity contribution in [3.8, 4) is 0 Å². The van der Waals surface area contributed by atoms with Gasteiger partial charge in [0.05, 0.1) is 0 Å². The van der Waals surface area contributed by atoms with E-state index in [0.717, 1.165) is 12.0 Å². The van der Waals surface area contributed by atoms with Crippen molar-refractivity contribution in [1.29, 1.82) is 0 Å². The number of benzene rings is 1. The predicted molar refractivity (Wildman–Crippen MR) is 48.7 cm³/mol. The molecule has 1 rings (SSSR count).